The zero-order valence-electron chi connectivity index (χ0n) is 21.3. The molecule has 4 atom stereocenters. The highest BCUT2D eigenvalue weighted by Crippen LogP contribution is 2.23. The predicted molar refractivity (Wildman–Crippen MR) is 132 cm³/mol. The van der Waals surface area contributed by atoms with Crippen LogP contribution in [0.2, 0.25) is 0 Å². The fraction of sp³-hybridized carbons (Fsp3) is 0.714. The highest BCUT2D eigenvalue weighted by atomic mass is 16.5. The van der Waals surface area contributed by atoms with Crippen molar-refractivity contribution >= 4 is 11.9 Å². The van der Waals surface area contributed by atoms with Crippen LogP contribution in [0.4, 0.5) is 0 Å². The van der Waals surface area contributed by atoms with Crippen LogP contribution in [-0.4, -0.2) is 25.2 Å². The summed E-state index contributed by atoms with van der Waals surface area (Å²) in [6.45, 7) is 14.0. The van der Waals surface area contributed by atoms with Crippen molar-refractivity contribution in [3.05, 3.63) is 35.4 Å². The SMILES string of the molecule is CCCC(COC(=O)c1ccccc1C(=O)OCC(CCC)CC(C)CC)CC(C)CC. The standard InChI is InChI=1S/C28H46O4/c1-7-13-23(17-21(5)9-3)19-31-27(29)25-15-11-12-16-26(25)28(30)32-20-24(14-8-2)18-22(6)10-4/h11-12,15-16,21-24H,7-10,13-14,17-20H2,1-6H3. The Labute approximate surface area is 196 Å². The lowest BCUT2D eigenvalue weighted by atomic mass is 9.91. The summed E-state index contributed by atoms with van der Waals surface area (Å²) in [4.78, 5) is 25.7. The van der Waals surface area contributed by atoms with E-state index in [2.05, 4.69) is 41.5 Å². The lowest BCUT2D eigenvalue weighted by Gasteiger charge is -2.21. The van der Waals surface area contributed by atoms with Crippen molar-refractivity contribution < 1.29 is 19.1 Å². The Bertz CT molecular complexity index is 612. The maximum atomic E-state index is 12.8. The highest BCUT2D eigenvalue weighted by Gasteiger charge is 2.22. The van der Waals surface area contributed by atoms with E-state index < -0.39 is 11.9 Å². The molecule has 32 heavy (non-hydrogen) atoms. The molecule has 1 rings (SSSR count). The lowest BCUT2D eigenvalue weighted by molar-refractivity contribution is 0.0367. The Morgan fingerprint density at radius 2 is 1.09 bits per heavy atom. The number of hydrogen-bond donors (Lipinski definition) is 0. The van der Waals surface area contributed by atoms with Gasteiger partial charge in [-0.1, -0.05) is 79.4 Å². The average molecular weight is 447 g/mol. The summed E-state index contributed by atoms with van der Waals surface area (Å²) in [5.41, 5.74) is 0.593. The van der Waals surface area contributed by atoms with Gasteiger partial charge in [-0.2, -0.15) is 0 Å². The van der Waals surface area contributed by atoms with E-state index in [1.54, 1.807) is 24.3 Å². The molecule has 1 aromatic carbocycles. The van der Waals surface area contributed by atoms with Crippen molar-refractivity contribution in [2.45, 2.75) is 92.9 Å². The van der Waals surface area contributed by atoms with E-state index in [1.165, 1.54) is 0 Å². The second-order valence-electron chi connectivity index (χ2n) is 9.55. The smallest absolute Gasteiger partial charge is 0.339 e. The van der Waals surface area contributed by atoms with E-state index in [1.807, 2.05) is 0 Å². The predicted octanol–water partition coefficient (Wildman–Crippen LogP) is 7.71. The van der Waals surface area contributed by atoms with Gasteiger partial charge in [0.1, 0.15) is 0 Å². The summed E-state index contributed by atoms with van der Waals surface area (Å²) in [6.07, 6.45) is 8.56. The van der Waals surface area contributed by atoms with E-state index in [4.69, 9.17) is 9.47 Å². The molecule has 0 aliphatic heterocycles. The fourth-order valence-electron chi connectivity index (χ4n) is 4.21. The second-order valence-corrected chi connectivity index (χ2v) is 9.55. The Kier molecular flexibility index (Phi) is 14.0. The monoisotopic (exact) mass is 446 g/mol. The van der Waals surface area contributed by atoms with Gasteiger partial charge >= 0.3 is 11.9 Å². The van der Waals surface area contributed by atoms with Crippen LogP contribution in [0.25, 0.3) is 0 Å². The first-order valence-corrected chi connectivity index (χ1v) is 12.8. The number of esters is 2. The summed E-state index contributed by atoms with van der Waals surface area (Å²) < 4.78 is 11.3. The van der Waals surface area contributed by atoms with Gasteiger partial charge in [0, 0.05) is 0 Å². The first-order valence-electron chi connectivity index (χ1n) is 12.8. The second kappa shape index (κ2) is 15.9. The van der Waals surface area contributed by atoms with Gasteiger partial charge in [-0.3, -0.25) is 0 Å². The minimum atomic E-state index is -0.437. The summed E-state index contributed by atoms with van der Waals surface area (Å²) in [6, 6.07) is 6.84. The molecule has 0 N–H and O–H groups in total. The lowest BCUT2D eigenvalue weighted by Crippen LogP contribution is -2.20. The first kappa shape index (κ1) is 28.2. The van der Waals surface area contributed by atoms with Crippen molar-refractivity contribution in [3.63, 3.8) is 0 Å². The van der Waals surface area contributed by atoms with E-state index in [0.717, 1.165) is 51.4 Å². The van der Waals surface area contributed by atoms with Gasteiger partial charge in [0.05, 0.1) is 24.3 Å². The number of ether oxygens (including phenoxy) is 2. The Morgan fingerprint density at radius 3 is 1.41 bits per heavy atom. The van der Waals surface area contributed by atoms with E-state index in [9.17, 15) is 9.59 Å². The van der Waals surface area contributed by atoms with Crippen LogP contribution >= 0.6 is 0 Å². The molecular weight excluding hydrogens is 400 g/mol. The van der Waals surface area contributed by atoms with Crippen LogP contribution in [0.1, 0.15) is 114 Å². The zero-order chi connectivity index (χ0) is 23.9. The Morgan fingerprint density at radius 1 is 0.719 bits per heavy atom. The van der Waals surface area contributed by atoms with Gasteiger partial charge < -0.3 is 9.47 Å². The molecule has 0 saturated carbocycles. The van der Waals surface area contributed by atoms with E-state index >= 15 is 0 Å². The number of hydrogen-bond acceptors (Lipinski definition) is 4. The first-order chi connectivity index (χ1) is 15.4. The molecule has 0 saturated heterocycles. The number of rotatable bonds is 16. The third-order valence-corrected chi connectivity index (χ3v) is 6.53. The van der Waals surface area contributed by atoms with Crippen molar-refractivity contribution in [2.75, 3.05) is 13.2 Å². The molecule has 4 heteroatoms. The van der Waals surface area contributed by atoms with E-state index in [-0.39, 0.29) is 0 Å². The van der Waals surface area contributed by atoms with Gasteiger partial charge in [-0.15, -0.1) is 0 Å². The molecular formula is C28H46O4. The van der Waals surface area contributed by atoms with Crippen LogP contribution < -0.4 is 0 Å². The van der Waals surface area contributed by atoms with Gasteiger partial charge in [-0.05, 0) is 61.5 Å². The number of carbonyl (C=O) groups is 2. The van der Waals surface area contributed by atoms with Gasteiger partial charge in [0.2, 0.25) is 0 Å². The molecule has 0 spiro atoms. The zero-order valence-corrected chi connectivity index (χ0v) is 21.3. The average Bonchev–Trinajstić information content (AvgIpc) is 2.80. The summed E-state index contributed by atoms with van der Waals surface area (Å²) in [5.74, 6) is 1.06. The topological polar surface area (TPSA) is 52.6 Å². The van der Waals surface area contributed by atoms with Crippen LogP contribution in [-0.2, 0) is 9.47 Å². The van der Waals surface area contributed by atoms with Crippen molar-refractivity contribution in [1.29, 1.82) is 0 Å². The van der Waals surface area contributed by atoms with Crippen LogP contribution in [0, 0.1) is 23.7 Å². The Balaban J connectivity index is 2.78. The number of benzene rings is 1. The fourth-order valence-corrected chi connectivity index (χ4v) is 4.21. The molecule has 0 radical (unpaired) electrons. The molecule has 0 amide bonds. The summed E-state index contributed by atoms with van der Waals surface area (Å²) >= 11 is 0. The molecule has 0 aliphatic carbocycles. The molecule has 1 aromatic rings. The van der Waals surface area contributed by atoms with Gasteiger partial charge in [0.25, 0.3) is 0 Å². The molecule has 0 bridgehead atoms. The third kappa shape index (κ3) is 10.2. The maximum Gasteiger partial charge on any atom is 0.339 e. The summed E-state index contributed by atoms with van der Waals surface area (Å²) in [7, 11) is 0. The minimum absolute atomic E-state index is 0.297. The molecule has 0 fully saturated rings. The molecule has 0 heterocycles. The largest absolute Gasteiger partial charge is 0.462 e. The normalized spacial score (nSPS) is 14.9. The summed E-state index contributed by atoms with van der Waals surface area (Å²) in [5, 5.41) is 0. The molecule has 4 unspecified atom stereocenters. The Hall–Kier alpha value is -1.84. The maximum absolute atomic E-state index is 12.8. The van der Waals surface area contributed by atoms with Gasteiger partial charge in [0.15, 0.2) is 0 Å². The molecule has 182 valence electrons. The van der Waals surface area contributed by atoms with Crippen molar-refractivity contribution in [1.82, 2.24) is 0 Å². The van der Waals surface area contributed by atoms with E-state index in [0.29, 0.717) is 48.0 Å². The van der Waals surface area contributed by atoms with Crippen LogP contribution in [0.3, 0.4) is 0 Å². The quantitative estimate of drug-likeness (QED) is 0.244. The van der Waals surface area contributed by atoms with Crippen LogP contribution in [0.15, 0.2) is 24.3 Å². The van der Waals surface area contributed by atoms with Crippen LogP contribution in [0.5, 0.6) is 0 Å². The van der Waals surface area contributed by atoms with Crippen molar-refractivity contribution in [2.24, 2.45) is 23.7 Å². The number of carbonyl (C=O) groups excluding carboxylic acids is 2. The molecule has 0 aromatic heterocycles. The molecule has 4 nitrogen and oxygen atoms in total. The van der Waals surface area contributed by atoms with Crippen molar-refractivity contribution in [3.8, 4) is 0 Å². The van der Waals surface area contributed by atoms with Gasteiger partial charge in [-0.25, -0.2) is 9.59 Å². The third-order valence-electron chi connectivity index (χ3n) is 6.53. The highest BCUT2D eigenvalue weighted by molar-refractivity contribution is 6.03. The minimum Gasteiger partial charge on any atom is -0.462 e. The molecule has 0 aliphatic rings.